The van der Waals surface area contributed by atoms with Crippen LogP contribution < -0.4 is 20.9 Å². The summed E-state index contributed by atoms with van der Waals surface area (Å²) in [6, 6.07) is 3.32. The topological polar surface area (TPSA) is 123 Å². The molecule has 1 aromatic rings. The van der Waals surface area contributed by atoms with E-state index in [4.69, 9.17) is 30.4 Å². The van der Waals surface area contributed by atoms with Crippen molar-refractivity contribution in [3.63, 3.8) is 0 Å². The van der Waals surface area contributed by atoms with E-state index in [0.717, 1.165) is 50.7 Å². The van der Waals surface area contributed by atoms with Crippen LogP contribution >= 0.6 is 0 Å². The molecule has 30 heavy (non-hydrogen) atoms. The number of rotatable bonds is 16. The van der Waals surface area contributed by atoms with Gasteiger partial charge in [0, 0.05) is 24.3 Å². The Kier molecular flexibility index (Phi) is 12.3. The monoisotopic (exact) mass is 420 g/mol. The molecule has 0 saturated heterocycles. The lowest BCUT2D eigenvalue weighted by Gasteiger charge is -2.14. The van der Waals surface area contributed by atoms with Crippen LogP contribution in [0.25, 0.3) is 0 Å². The number of hydrogen-bond acceptors (Lipinski definition) is 8. The molecular weight excluding hydrogens is 388 g/mol. The molecule has 0 atom stereocenters. The normalized spacial score (nSPS) is 10.1. The van der Waals surface area contributed by atoms with Gasteiger partial charge in [-0.2, -0.15) is 0 Å². The molecule has 0 saturated carbocycles. The van der Waals surface area contributed by atoms with Crippen LogP contribution in [0.15, 0.2) is 37.4 Å². The first-order valence-corrected chi connectivity index (χ1v) is 10.0. The Labute approximate surface area is 177 Å². The molecule has 1 rings (SSSR count). The highest BCUT2D eigenvalue weighted by Gasteiger charge is 2.08. The van der Waals surface area contributed by atoms with Gasteiger partial charge in [0.05, 0.1) is 37.8 Å². The summed E-state index contributed by atoms with van der Waals surface area (Å²) in [5, 5.41) is 0. The molecule has 0 bridgehead atoms. The smallest absolute Gasteiger partial charge is 0.330 e. The largest absolute Gasteiger partial charge is 0.491 e. The molecular formula is C22H32N2O6. The average molecular weight is 421 g/mol. The quantitative estimate of drug-likeness (QED) is 0.180. The lowest BCUT2D eigenvalue weighted by molar-refractivity contribution is -0.138. The van der Waals surface area contributed by atoms with E-state index in [0.29, 0.717) is 49.3 Å². The standard InChI is InChI=1S/C22H32N2O6/c1-3-21(25)29-13-9-5-7-11-27-19-15-18(24)20(16-17(19)23)28-12-8-6-10-14-30-22(26)4-2/h3-4,15-16H,1-2,5-14,23-24H2. The molecule has 0 fully saturated rings. The van der Waals surface area contributed by atoms with Crippen molar-refractivity contribution in [2.24, 2.45) is 0 Å². The zero-order chi connectivity index (χ0) is 22.2. The van der Waals surface area contributed by atoms with E-state index >= 15 is 0 Å². The number of ether oxygens (including phenoxy) is 4. The number of hydrogen-bond donors (Lipinski definition) is 2. The fourth-order valence-corrected chi connectivity index (χ4v) is 2.43. The summed E-state index contributed by atoms with van der Waals surface area (Å²) in [4.78, 5) is 21.8. The van der Waals surface area contributed by atoms with Crippen LogP contribution in [-0.2, 0) is 19.1 Å². The molecule has 0 unspecified atom stereocenters. The molecule has 0 spiro atoms. The summed E-state index contributed by atoms with van der Waals surface area (Å²) in [5.41, 5.74) is 13.0. The fraction of sp³-hybridized carbons (Fsp3) is 0.455. The zero-order valence-corrected chi connectivity index (χ0v) is 17.4. The van der Waals surface area contributed by atoms with Crippen molar-refractivity contribution >= 4 is 23.3 Å². The Morgan fingerprint density at radius 3 is 1.43 bits per heavy atom. The number of unbranched alkanes of at least 4 members (excludes halogenated alkanes) is 4. The van der Waals surface area contributed by atoms with Crippen molar-refractivity contribution in [2.75, 3.05) is 37.9 Å². The third-order valence-electron chi connectivity index (χ3n) is 4.06. The Hall–Kier alpha value is -3.16. The number of carbonyl (C=O) groups excluding carboxylic acids is 2. The predicted octanol–water partition coefficient (Wildman–Crippen LogP) is 3.41. The molecule has 8 nitrogen and oxygen atoms in total. The second kappa shape index (κ2) is 14.8. The number of carbonyl (C=O) groups is 2. The maximum absolute atomic E-state index is 10.9. The van der Waals surface area contributed by atoms with Gasteiger partial charge in [-0.1, -0.05) is 13.2 Å². The van der Waals surface area contributed by atoms with Gasteiger partial charge in [-0.25, -0.2) is 9.59 Å². The van der Waals surface area contributed by atoms with E-state index in [2.05, 4.69) is 13.2 Å². The number of nitrogen functional groups attached to an aromatic ring is 2. The first-order valence-electron chi connectivity index (χ1n) is 10.0. The predicted molar refractivity (Wildman–Crippen MR) is 116 cm³/mol. The average Bonchev–Trinajstić information content (AvgIpc) is 2.74. The van der Waals surface area contributed by atoms with Gasteiger partial charge in [-0.15, -0.1) is 0 Å². The molecule has 0 aromatic heterocycles. The highest BCUT2D eigenvalue weighted by atomic mass is 16.5. The SMILES string of the molecule is C=CC(=O)OCCCCCOc1cc(N)c(OCCCCCOC(=O)C=C)cc1N. The van der Waals surface area contributed by atoms with Gasteiger partial charge in [0.15, 0.2) is 0 Å². The van der Waals surface area contributed by atoms with Crippen LogP contribution in [0, 0.1) is 0 Å². The zero-order valence-electron chi connectivity index (χ0n) is 17.4. The molecule has 0 aliphatic rings. The van der Waals surface area contributed by atoms with Gasteiger partial charge < -0.3 is 30.4 Å². The number of benzene rings is 1. The number of anilines is 2. The molecule has 8 heteroatoms. The van der Waals surface area contributed by atoms with Crippen molar-refractivity contribution in [3.05, 3.63) is 37.4 Å². The van der Waals surface area contributed by atoms with Gasteiger partial charge in [0.1, 0.15) is 11.5 Å². The summed E-state index contributed by atoms with van der Waals surface area (Å²) in [6.45, 7) is 8.38. The third-order valence-corrected chi connectivity index (χ3v) is 4.06. The van der Waals surface area contributed by atoms with Crippen molar-refractivity contribution in [1.29, 1.82) is 0 Å². The van der Waals surface area contributed by atoms with E-state index in [1.165, 1.54) is 0 Å². The van der Waals surface area contributed by atoms with E-state index in [9.17, 15) is 9.59 Å². The highest BCUT2D eigenvalue weighted by molar-refractivity contribution is 5.81. The Morgan fingerprint density at radius 1 is 0.700 bits per heavy atom. The van der Waals surface area contributed by atoms with Gasteiger partial charge in [0.25, 0.3) is 0 Å². The summed E-state index contributed by atoms with van der Waals surface area (Å²) in [5.74, 6) is 0.209. The van der Waals surface area contributed by atoms with Crippen molar-refractivity contribution < 1.29 is 28.5 Å². The molecule has 0 heterocycles. The molecule has 0 amide bonds. The first-order chi connectivity index (χ1) is 14.5. The lowest BCUT2D eigenvalue weighted by atomic mass is 10.2. The summed E-state index contributed by atoms with van der Waals surface area (Å²) in [6.07, 6.45) is 7.10. The maximum atomic E-state index is 10.9. The van der Waals surface area contributed by atoms with Crippen LogP contribution in [0.1, 0.15) is 38.5 Å². The van der Waals surface area contributed by atoms with Crippen LogP contribution in [-0.4, -0.2) is 38.4 Å². The van der Waals surface area contributed by atoms with E-state index < -0.39 is 11.9 Å². The molecule has 0 aliphatic carbocycles. The summed E-state index contributed by atoms with van der Waals surface area (Å²) < 4.78 is 21.2. The second-order valence-electron chi connectivity index (χ2n) is 6.49. The van der Waals surface area contributed by atoms with Crippen LogP contribution in [0.3, 0.4) is 0 Å². The molecule has 0 aliphatic heterocycles. The minimum Gasteiger partial charge on any atom is -0.491 e. The Bertz CT molecular complexity index is 645. The van der Waals surface area contributed by atoms with Crippen molar-refractivity contribution in [2.45, 2.75) is 38.5 Å². The fourth-order valence-electron chi connectivity index (χ4n) is 2.43. The van der Waals surface area contributed by atoms with Crippen LogP contribution in [0.2, 0.25) is 0 Å². The van der Waals surface area contributed by atoms with Gasteiger partial charge >= 0.3 is 11.9 Å². The van der Waals surface area contributed by atoms with E-state index in [-0.39, 0.29) is 0 Å². The van der Waals surface area contributed by atoms with E-state index in [1.54, 1.807) is 12.1 Å². The molecule has 4 N–H and O–H groups in total. The molecule has 0 radical (unpaired) electrons. The first kappa shape index (κ1) is 24.9. The van der Waals surface area contributed by atoms with Gasteiger partial charge in [0.2, 0.25) is 0 Å². The molecule has 1 aromatic carbocycles. The molecule has 166 valence electrons. The maximum Gasteiger partial charge on any atom is 0.330 e. The van der Waals surface area contributed by atoms with Gasteiger partial charge in [-0.3, -0.25) is 0 Å². The van der Waals surface area contributed by atoms with Crippen LogP contribution in [0.4, 0.5) is 11.4 Å². The summed E-state index contributed by atoms with van der Waals surface area (Å²) >= 11 is 0. The minimum absolute atomic E-state index is 0.367. The third kappa shape index (κ3) is 10.4. The van der Waals surface area contributed by atoms with Crippen molar-refractivity contribution in [3.8, 4) is 11.5 Å². The second-order valence-corrected chi connectivity index (χ2v) is 6.49. The minimum atomic E-state index is -0.411. The Morgan fingerprint density at radius 2 is 1.07 bits per heavy atom. The van der Waals surface area contributed by atoms with Gasteiger partial charge in [-0.05, 0) is 38.5 Å². The Balaban J connectivity index is 2.24. The van der Waals surface area contributed by atoms with Crippen LogP contribution in [0.5, 0.6) is 11.5 Å². The number of nitrogens with two attached hydrogens (primary N) is 2. The summed E-state index contributed by atoms with van der Waals surface area (Å²) in [7, 11) is 0. The number of esters is 2. The van der Waals surface area contributed by atoms with E-state index in [1.807, 2.05) is 0 Å². The highest BCUT2D eigenvalue weighted by Crippen LogP contribution is 2.33. The lowest BCUT2D eigenvalue weighted by Crippen LogP contribution is -2.06. The van der Waals surface area contributed by atoms with Crippen molar-refractivity contribution in [1.82, 2.24) is 0 Å².